The number of para-hydroxylation sites is 3. The topological polar surface area (TPSA) is 73.6 Å². The zero-order valence-electron chi connectivity index (χ0n) is 11.4. The molecule has 0 spiro atoms. The highest BCUT2D eigenvalue weighted by Gasteiger charge is 2.23. The van der Waals surface area contributed by atoms with Crippen molar-refractivity contribution in [2.75, 3.05) is 12.3 Å². The molecule has 2 aromatic carbocycles. The van der Waals surface area contributed by atoms with Crippen LogP contribution in [-0.2, 0) is 0 Å². The molecular weight excluding hydrogens is 268 g/mol. The fourth-order valence-electron chi connectivity index (χ4n) is 2.17. The Morgan fingerprint density at radius 1 is 1.05 bits per heavy atom. The number of nitrogens with one attached hydrogen (secondary N) is 1. The Balaban J connectivity index is 1.50. The second-order valence-electron chi connectivity index (χ2n) is 4.74. The van der Waals surface area contributed by atoms with Crippen molar-refractivity contribution < 1.29 is 14.3 Å². The number of anilines is 1. The molecular formula is C16H16N2O3. The summed E-state index contributed by atoms with van der Waals surface area (Å²) in [6.45, 7) is 0.450. The lowest BCUT2D eigenvalue weighted by molar-refractivity contribution is 0.0420. The van der Waals surface area contributed by atoms with Gasteiger partial charge in [0.2, 0.25) is 6.29 Å². The van der Waals surface area contributed by atoms with Crippen molar-refractivity contribution in [3.8, 4) is 11.5 Å². The van der Waals surface area contributed by atoms with Crippen LogP contribution in [0.4, 0.5) is 5.69 Å². The predicted molar refractivity (Wildman–Crippen MR) is 79.3 cm³/mol. The van der Waals surface area contributed by atoms with Crippen LogP contribution in [0.1, 0.15) is 16.8 Å². The zero-order chi connectivity index (χ0) is 14.7. The molecule has 0 bridgehead atoms. The SMILES string of the molecule is Nc1ccccc1C(=O)NCCC1Oc2ccccc2O1. The lowest BCUT2D eigenvalue weighted by Gasteiger charge is -2.11. The molecule has 3 rings (SSSR count). The van der Waals surface area contributed by atoms with Gasteiger partial charge in [-0.05, 0) is 24.3 Å². The summed E-state index contributed by atoms with van der Waals surface area (Å²) in [6, 6.07) is 14.5. The first-order valence-corrected chi connectivity index (χ1v) is 6.79. The number of fused-ring (bicyclic) bond motifs is 1. The Morgan fingerprint density at radius 3 is 2.33 bits per heavy atom. The number of amides is 1. The number of hydrogen-bond donors (Lipinski definition) is 2. The average molecular weight is 284 g/mol. The smallest absolute Gasteiger partial charge is 0.253 e. The largest absolute Gasteiger partial charge is 0.451 e. The van der Waals surface area contributed by atoms with E-state index in [0.29, 0.717) is 24.2 Å². The molecule has 0 aromatic heterocycles. The Hall–Kier alpha value is -2.69. The van der Waals surface area contributed by atoms with Crippen molar-refractivity contribution in [3.63, 3.8) is 0 Å². The fraction of sp³-hybridized carbons (Fsp3) is 0.188. The number of ether oxygens (including phenoxy) is 2. The van der Waals surface area contributed by atoms with Crippen LogP contribution in [0.25, 0.3) is 0 Å². The van der Waals surface area contributed by atoms with Crippen molar-refractivity contribution in [3.05, 3.63) is 54.1 Å². The van der Waals surface area contributed by atoms with Crippen LogP contribution >= 0.6 is 0 Å². The van der Waals surface area contributed by atoms with Crippen LogP contribution in [0.5, 0.6) is 11.5 Å². The van der Waals surface area contributed by atoms with E-state index in [-0.39, 0.29) is 12.2 Å². The summed E-state index contributed by atoms with van der Waals surface area (Å²) in [5, 5.41) is 2.81. The molecule has 1 aliphatic rings. The van der Waals surface area contributed by atoms with Gasteiger partial charge in [-0.1, -0.05) is 24.3 Å². The lowest BCUT2D eigenvalue weighted by atomic mass is 10.1. The van der Waals surface area contributed by atoms with Crippen molar-refractivity contribution >= 4 is 11.6 Å². The number of nitrogen functional groups attached to an aromatic ring is 1. The first kappa shape index (κ1) is 13.3. The molecule has 0 aliphatic carbocycles. The number of rotatable bonds is 4. The first-order valence-electron chi connectivity index (χ1n) is 6.79. The summed E-state index contributed by atoms with van der Waals surface area (Å²) >= 11 is 0. The second kappa shape index (κ2) is 5.75. The van der Waals surface area contributed by atoms with Crippen LogP contribution in [-0.4, -0.2) is 18.7 Å². The zero-order valence-corrected chi connectivity index (χ0v) is 11.4. The standard InChI is InChI=1S/C16H16N2O3/c17-12-6-2-1-5-11(12)16(19)18-10-9-15-20-13-7-3-4-8-14(13)21-15/h1-8,15H,9-10,17H2,(H,18,19). The van der Waals surface area contributed by atoms with E-state index in [9.17, 15) is 4.79 Å². The van der Waals surface area contributed by atoms with Gasteiger partial charge in [0, 0.05) is 18.7 Å². The van der Waals surface area contributed by atoms with E-state index in [2.05, 4.69) is 5.32 Å². The summed E-state index contributed by atoms with van der Waals surface area (Å²) in [5.74, 6) is 1.28. The molecule has 1 aliphatic heterocycles. The van der Waals surface area contributed by atoms with Gasteiger partial charge in [0.15, 0.2) is 11.5 Å². The Labute approximate surface area is 122 Å². The van der Waals surface area contributed by atoms with Gasteiger partial charge >= 0.3 is 0 Å². The van der Waals surface area contributed by atoms with Gasteiger partial charge in [-0.3, -0.25) is 4.79 Å². The molecule has 3 N–H and O–H groups in total. The first-order chi connectivity index (χ1) is 10.2. The Kier molecular flexibility index (Phi) is 3.64. The minimum atomic E-state index is -0.365. The summed E-state index contributed by atoms with van der Waals surface area (Å²) in [4.78, 5) is 12.0. The third-order valence-corrected chi connectivity index (χ3v) is 3.24. The highest BCUT2D eigenvalue weighted by Crippen LogP contribution is 2.34. The maximum absolute atomic E-state index is 12.0. The van der Waals surface area contributed by atoms with Crippen LogP contribution in [0, 0.1) is 0 Å². The van der Waals surface area contributed by atoms with E-state index in [0.717, 1.165) is 11.5 Å². The number of nitrogens with two attached hydrogens (primary N) is 1. The second-order valence-corrected chi connectivity index (χ2v) is 4.74. The minimum absolute atomic E-state index is 0.191. The number of carbonyl (C=O) groups is 1. The summed E-state index contributed by atoms with van der Waals surface area (Å²) < 4.78 is 11.2. The molecule has 2 aromatic rings. The van der Waals surface area contributed by atoms with Gasteiger partial charge in [-0.15, -0.1) is 0 Å². The highest BCUT2D eigenvalue weighted by molar-refractivity contribution is 5.99. The van der Waals surface area contributed by atoms with Crippen LogP contribution in [0.2, 0.25) is 0 Å². The summed E-state index contributed by atoms with van der Waals surface area (Å²) in [5.41, 5.74) is 6.71. The lowest BCUT2D eigenvalue weighted by Crippen LogP contribution is -2.30. The van der Waals surface area contributed by atoms with E-state index < -0.39 is 0 Å². The summed E-state index contributed by atoms with van der Waals surface area (Å²) in [7, 11) is 0. The van der Waals surface area contributed by atoms with Gasteiger partial charge in [0.05, 0.1) is 5.56 Å². The van der Waals surface area contributed by atoms with Gasteiger partial charge in [-0.25, -0.2) is 0 Å². The number of carbonyl (C=O) groups excluding carboxylic acids is 1. The normalized spacial score (nSPS) is 13.1. The molecule has 0 fully saturated rings. The summed E-state index contributed by atoms with van der Waals surface area (Å²) in [6.07, 6.45) is 0.198. The Morgan fingerprint density at radius 2 is 1.67 bits per heavy atom. The maximum atomic E-state index is 12.0. The monoisotopic (exact) mass is 284 g/mol. The van der Waals surface area contributed by atoms with Crippen LogP contribution < -0.4 is 20.5 Å². The molecule has 0 saturated carbocycles. The number of hydrogen-bond acceptors (Lipinski definition) is 4. The molecule has 0 unspecified atom stereocenters. The number of benzene rings is 2. The molecule has 0 radical (unpaired) electrons. The van der Waals surface area contributed by atoms with E-state index >= 15 is 0 Å². The minimum Gasteiger partial charge on any atom is -0.451 e. The molecule has 0 saturated heterocycles. The van der Waals surface area contributed by atoms with Gasteiger partial charge in [0.25, 0.3) is 5.91 Å². The molecule has 21 heavy (non-hydrogen) atoms. The van der Waals surface area contributed by atoms with E-state index in [1.807, 2.05) is 24.3 Å². The van der Waals surface area contributed by atoms with Crippen molar-refractivity contribution in [2.24, 2.45) is 0 Å². The highest BCUT2D eigenvalue weighted by atomic mass is 16.7. The fourth-order valence-corrected chi connectivity index (χ4v) is 2.17. The molecule has 1 heterocycles. The third-order valence-electron chi connectivity index (χ3n) is 3.24. The van der Waals surface area contributed by atoms with E-state index in [1.54, 1.807) is 24.3 Å². The van der Waals surface area contributed by atoms with Crippen LogP contribution in [0.3, 0.4) is 0 Å². The maximum Gasteiger partial charge on any atom is 0.253 e. The Bertz CT molecular complexity index is 632. The van der Waals surface area contributed by atoms with Gasteiger partial charge in [0.1, 0.15) is 0 Å². The van der Waals surface area contributed by atoms with Crippen molar-refractivity contribution in [2.45, 2.75) is 12.7 Å². The molecule has 108 valence electrons. The molecule has 1 amide bonds. The predicted octanol–water partition coefficient (Wildman–Crippen LogP) is 2.19. The third kappa shape index (κ3) is 2.91. The molecule has 5 nitrogen and oxygen atoms in total. The molecule has 0 atom stereocenters. The van der Waals surface area contributed by atoms with E-state index in [1.165, 1.54) is 0 Å². The van der Waals surface area contributed by atoms with Crippen LogP contribution in [0.15, 0.2) is 48.5 Å². The van der Waals surface area contributed by atoms with E-state index in [4.69, 9.17) is 15.2 Å². The van der Waals surface area contributed by atoms with Gasteiger partial charge in [-0.2, -0.15) is 0 Å². The molecule has 5 heteroatoms. The van der Waals surface area contributed by atoms with Crippen molar-refractivity contribution in [1.82, 2.24) is 5.32 Å². The van der Waals surface area contributed by atoms with Gasteiger partial charge < -0.3 is 20.5 Å². The average Bonchev–Trinajstić information content (AvgIpc) is 2.90. The van der Waals surface area contributed by atoms with Crippen molar-refractivity contribution in [1.29, 1.82) is 0 Å². The quantitative estimate of drug-likeness (QED) is 0.844.